The third-order valence-electron chi connectivity index (χ3n) is 1.68. The summed E-state index contributed by atoms with van der Waals surface area (Å²) in [6, 6.07) is 0. The molecule has 1 fully saturated rings. The average molecular weight is 153 g/mol. The number of epoxide rings is 1. The van der Waals surface area contributed by atoms with Gasteiger partial charge in [-0.3, -0.25) is 14.9 Å². The highest BCUT2D eigenvalue weighted by atomic mass is 16.6. The second-order valence-electron chi connectivity index (χ2n) is 2.65. The van der Waals surface area contributed by atoms with E-state index in [2.05, 4.69) is 5.32 Å². The van der Waals surface area contributed by atoms with Crippen LogP contribution < -0.4 is 5.32 Å². The molecule has 0 aromatic heterocycles. The lowest BCUT2D eigenvalue weighted by molar-refractivity contribution is -0.123. The third kappa shape index (κ3) is 1.30. The minimum absolute atomic E-state index is 0.165. The number of imide groups is 1. The zero-order chi connectivity index (χ0) is 7.84. The minimum Gasteiger partial charge on any atom is -0.373 e. The van der Waals surface area contributed by atoms with Crippen molar-refractivity contribution >= 4 is 11.8 Å². The van der Waals surface area contributed by atoms with E-state index in [0.29, 0.717) is 18.6 Å². The van der Waals surface area contributed by atoms with E-state index in [1.165, 1.54) is 6.08 Å². The summed E-state index contributed by atoms with van der Waals surface area (Å²) in [4.78, 5) is 21.5. The van der Waals surface area contributed by atoms with E-state index in [1.807, 2.05) is 0 Å². The molecular weight excluding hydrogens is 146 g/mol. The SMILES string of the molecule is O=C1C=C(CC2CO2)C(=O)N1. The summed E-state index contributed by atoms with van der Waals surface area (Å²) >= 11 is 0. The van der Waals surface area contributed by atoms with Crippen molar-refractivity contribution in [1.82, 2.24) is 5.32 Å². The maximum atomic E-state index is 10.9. The van der Waals surface area contributed by atoms with E-state index in [0.717, 1.165) is 0 Å². The van der Waals surface area contributed by atoms with E-state index in [9.17, 15) is 9.59 Å². The molecule has 0 spiro atoms. The minimum atomic E-state index is -0.314. The lowest BCUT2D eigenvalue weighted by atomic mass is 10.1. The van der Waals surface area contributed by atoms with Crippen molar-refractivity contribution in [2.75, 3.05) is 6.61 Å². The first kappa shape index (κ1) is 6.54. The van der Waals surface area contributed by atoms with Crippen molar-refractivity contribution in [2.24, 2.45) is 0 Å². The monoisotopic (exact) mass is 153 g/mol. The molecule has 1 saturated heterocycles. The number of rotatable bonds is 2. The van der Waals surface area contributed by atoms with Gasteiger partial charge in [-0.1, -0.05) is 0 Å². The first-order valence-corrected chi connectivity index (χ1v) is 3.43. The van der Waals surface area contributed by atoms with Gasteiger partial charge in [0.2, 0.25) is 0 Å². The lowest BCUT2D eigenvalue weighted by Gasteiger charge is -1.92. The zero-order valence-corrected chi connectivity index (χ0v) is 5.79. The number of ether oxygens (including phenoxy) is 1. The van der Waals surface area contributed by atoms with Crippen molar-refractivity contribution < 1.29 is 14.3 Å². The fourth-order valence-corrected chi connectivity index (χ4v) is 1.03. The van der Waals surface area contributed by atoms with Crippen LogP contribution in [0.4, 0.5) is 0 Å². The van der Waals surface area contributed by atoms with Crippen molar-refractivity contribution in [2.45, 2.75) is 12.5 Å². The molecule has 0 aromatic carbocycles. The highest BCUT2D eigenvalue weighted by Gasteiger charge is 2.29. The molecule has 0 saturated carbocycles. The fraction of sp³-hybridized carbons (Fsp3) is 0.429. The molecule has 0 radical (unpaired) electrons. The van der Waals surface area contributed by atoms with Gasteiger partial charge < -0.3 is 4.74 Å². The molecule has 1 unspecified atom stereocenters. The molecule has 2 amide bonds. The molecule has 0 aliphatic carbocycles. The first-order valence-electron chi connectivity index (χ1n) is 3.43. The second kappa shape index (κ2) is 2.17. The Morgan fingerprint density at radius 3 is 2.82 bits per heavy atom. The van der Waals surface area contributed by atoms with Gasteiger partial charge in [-0.25, -0.2) is 0 Å². The second-order valence-corrected chi connectivity index (χ2v) is 2.65. The Labute approximate surface area is 63.2 Å². The molecule has 0 bridgehead atoms. The number of amides is 2. The number of hydrogen-bond acceptors (Lipinski definition) is 3. The van der Waals surface area contributed by atoms with Crippen molar-refractivity contribution in [1.29, 1.82) is 0 Å². The van der Waals surface area contributed by atoms with Crippen LogP contribution in [0.25, 0.3) is 0 Å². The molecule has 2 rings (SSSR count). The van der Waals surface area contributed by atoms with E-state index >= 15 is 0 Å². The summed E-state index contributed by atoms with van der Waals surface area (Å²) in [5.41, 5.74) is 0.539. The molecule has 2 aliphatic heterocycles. The van der Waals surface area contributed by atoms with Crippen LogP contribution in [0.1, 0.15) is 6.42 Å². The quantitative estimate of drug-likeness (QED) is 0.424. The standard InChI is InChI=1S/C7H7NO3/c9-6-2-4(7(10)8-6)1-5-3-11-5/h2,5H,1,3H2,(H,8,9,10). The van der Waals surface area contributed by atoms with Crippen LogP contribution in [0.2, 0.25) is 0 Å². The van der Waals surface area contributed by atoms with Gasteiger partial charge in [-0.2, -0.15) is 0 Å². The maximum absolute atomic E-state index is 10.9. The summed E-state index contributed by atoms with van der Waals surface area (Å²) < 4.78 is 4.92. The summed E-state index contributed by atoms with van der Waals surface area (Å²) in [5.74, 6) is -0.587. The largest absolute Gasteiger partial charge is 0.373 e. The smallest absolute Gasteiger partial charge is 0.254 e. The van der Waals surface area contributed by atoms with E-state index < -0.39 is 0 Å². The van der Waals surface area contributed by atoms with Crippen molar-refractivity contribution in [3.8, 4) is 0 Å². The topological polar surface area (TPSA) is 58.7 Å². The Balaban J connectivity index is 2.04. The summed E-state index contributed by atoms with van der Waals surface area (Å²) in [6.45, 7) is 0.707. The Bertz CT molecular complexity index is 252. The summed E-state index contributed by atoms with van der Waals surface area (Å²) in [7, 11) is 0. The number of hydrogen-bond donors (Lipinski definition) is 1. The molecule has 2 aliphatic rings. The molecule has 2 heterocycles. The molecule has 4 heteroatoms. The van der Waals surface area contributed by atoms with Crippen LogP contribution in [0.3, 0.4) is 0 Å². The highest BCUT2D eigenvalue weighted by Crippen LogP contribution is 2.20. The Kier molecular flexibility index (Phi) is 1.29. The van der Waals surface area contributed by atoms with Crippen LogP contribution in [0.15, 0.2) is 11.6 Å². The number of carbonyl (C=O) groups excluding carboxylic acids is 2. The Hall–Kier alpha value is -1.16. The molecule has 0 aromatic rings. The zero-order valence-electron chi connectivity index (χ0n) is 5.79. The van der Waals surface area contributed by atoms with E-state index in [1.54, 1.807) is 0 Å². The first-order chi connectivity index (χ1) is 5.25. The van der Waals surface area contributed by atoms with Crippen molar-refractivity contribution in [3.63, 3.8) is 0 Å². The Morgan fingerprint density at radius 1 is 1.64 bits per heavy atom. The van der Waals surface area contributed by atoms with Gasteiger partial charge in [0.15, 0.2) is 0 Å². The van der Waals surface area contributed by atoms with Crippen LogP contribution in [-0.2, 0) is 14.3 Å². The van der Waals surface area contributed by atoms with E-state index in [-0.39, 0.29) is 17.9 Å². The van der Waals surface area contributed by atoms with Crippen LogP contribution in [-0.4, -0.2) is 24.5 Å². The average Bonchev–Trinajstić information content (AvgIpc) is 2.64. The van der Waals surface area contributed by atoms with Crippen LogP contribution >= 0.6 is 0 Å². The predicted octanol–water partition coefficient (Wildman–Crippen LogP) is -0.642. The third-order valence-corrected chi connectivity index (χ3v) is 1.68. The maximum Gasteiger partial charge on any atom is 0.254 e. The van der Waals surface area contributed by atoms with Gasteiger partial charge in [0.25, 0.3) is 11.8 Å². The Morgan fingerprint density at radius 2 is 2.36 bits per heavy atom. The number of carbonyl (C=O) groups is 2. The molecule has 1 atom stereocenters. The predicted molar refractivity (Wildman–Crippen MR) is 35.6 cm³/mol. The van der Waals surface area contributed by atoms with E-state index in [4.69, 9.17) is 4.74 Å². The van der Waals surface area contributed by atoms with Crippen molar-refractivity contribution in [3.05, 3.63) is 11.6 Å². The highest BCUT2D eigenvalue weighted by molar-refractivity contribution is 6.16. The molecule has 58 valence electrons. The van der Waals surface area contributed by atoms with Gasteiger partial charge in [-0.15, -0.1) is 0 Å². The van der Waals surface area contributed by atoms with Gasteiger partial charge in [0, 0.05) is 18.1 Å². The van der Waals surface area contributed by atoms with Gasteiger partial charge in [-0.05, 0) is 0 Å². The molecule has 4 nitrogen and oxygen atoms in total. The van der Waals surface area contributed by atoms with Gasteiger partial charge in [0.05, 0.1) is 12.7 Å². The van der Waals surface area contributed by atoms with Gasteiger partial charge in [0.1, 0.15) is 0 Å². The molecule has 1 N–H and O–H groups in total. The molecular formula is C7H7NO3. The summed E-state index contributed by atoms with van der Waals surface area (Å²) in [5, 5.41) is 2.17. The molecule has 11 heavy (non-hydrogen) atoms. The van der Waals surface area contributed by atoms with Crippen LogP contribution in [0.5, 0.6) is 0 Å². The normalized spacial score (nSPS) is 28.4. The fourth-order valence-electron chi connectivity index (χ4n) is 1.03. The van der Waals surface area contributed by atoms with Gasteiger partial charge >= 0.3 is 0 Å². The number of nitrogens with one attached hydrogen (secondary N) is 1. The summed E-state index contributed by atoms with van der Waals surface area (Å²) in [6.07, 6.45) is 2.07. The lowest BCUT2D eigenvalue weighted by Crippen LogP contribution is -2.22. The van der Waals surface area contributed by atoms with Crippen LogP contribution in [0, 0.1) is 0 Å².